The SMILES string of the molecule is CC(NC1=NCCCN1)c1ccccc1. The van der Waals surface area contributed by atoms with Gasteiger partial charge >= 0.3 is 0 Å². The summed E-state index contributed by atoms with van der Waals surface area (Å²) in [5.74, 6) is 0.928. The lowest BCUT2D eigenvalue weighted by Gasteiger charge is -2.20. The van der Waals surface area contributed by atoms with Gasteiger partial charge in [0.2, 0.25) is 0 Å². The van der Waals surface area contributed by atoms with Crippen molar-refractivity contribution in [2.75, 3.05) is 13.1 Å². The van der Waals surface area contributed by atoms with Crippen molar-refractivity contribution in [2.24, 2.45) is 4.99 Å². The number of hydrogen-bond donors (Lipinski definition) is 2. The van der Waals surface area contributed by atoms with Crippen LogP contribution >= 0.6 is 0 Å². The molecule has 1 aromatic carbocycles. The number of aliphatic imine (C=N–C) groups is 1. The molecular formula is C12H17N3. The van der Waals surface area contributed by atoms with E-state index in [-0.39, 0.29) is 0 Å². The van der Waals surface area contributed by atoms with Crippen molar-refractivity contribution in [3.8, 4) is 0 Å². The summed E-state index contributed by atoms with van der Waals surface area (Å²) in [6.07, 6.45) is 1.13. The smallest absolute Gasteiger partial charge is 0.191 e. The molecule has 3 nitrogen and oxygen atoms in total. The molecule has 80 valence electrons. The van der Waals surface area contributed by atoms with Crippen molar-refractivity contribution in [2.45, 2.75) is 19.4 Å². The van der Waals surface area contributed by atoms with Crippen LogP contribution in [0.1, 0.15) is 24.9 Å². The largest absolute Gasteiger partial charge is 0.356 e. The minimum Gasteiger partial charge on any atom is -0.356 e. The Morgan fingerprint density at radius 1 is 1.33 bits per heavy atom. The standard InChI is InChI=1S/C12H17N3/c1-10(11-6-3-2-4-7-11)15-12-13-8-5-9-14-12/h2-4,6-7,10H,5,8-9H2,1H3,(H2,13,14,15). The molecule has 15 heavy (non-hydrogen) atoms. The summed E-state index contributed by atoms with van der Waals surface area (Å²) >= 11 is 0. The van der Waals surface area contributed by atoms with Crippen LogP contribution in [-0.4, -0.2) is 19.0 Å². The van der Waals surface area contributed by atoms with Gasteiger partial charge in [-0.1, -0.05) is 30.3 Å². The van der Waals surface area contributed by atoms with Crippen LogP contribution in [0.25, 0.3) is 0 Å². The molecule has 3 heteroatoms. The van der Waals surface area contributed by atoms with E-state index in [1.54, 1.807) is 0 Å². The Kier molecular flexibility index (Phi) is 3.22. The molecule has 0 amide bonds. The van der Waals surface area contributed by atoms with E-state index in [1.807, 2.05) is 6.07 Å². The van der Waals surface area contributed by atoms with Crippen LogP contribution in [-0.2, 0) is 0 Å². The van der Waals surface area contributed by atoms with E-state index >= 15 is 0 Å². The Balaban J connectivity index is 1.97. The van der Waals surface area contributed by atoms with Crippen molar-refractivity contribution >= 4 is 5.96 Å². The zero-order chi connectivity index (χ0) is 10.5. The lowest BCUT2D eigenvalue weighted by Crippen LogP contribution is -2.41. The molecule has 0 spiro atoms. The predicted octanol–water partition coefficient (Wildman–Crippen LogP) is 1.69. The van der Waals surface area contributed by atoms with Crippen molar-refractivity contribution in [1.29, 1.82) is 0 Å². The Bertz CT molecular complexity index is 332. The fraction of sp³-hybridized carbons (Fsp3) is 0.417. The van der Waals surface area contributed by atoms with Gasteiger partial charge in [-0.3, -0.25) is 4.99 Å². The molecule has 2 N–H and O–H groups in total. The van der Waals surface area contributed by atoms with E-state index in [2.05, 4.69) is 46.8 Å². The minimum atomic E-state index is 0.301. The average Bonchev–Trinajstić information content (AvgIpc) is 2.31. The molecule has 1 heterocycles. The van der Waals surface area contributed by atoms with Gasteiger partial charge in [0.15, 0.2) is 5.96 Å². The molecule has 0 fully saturated rings. The second kappa shape index (κ2) is 4.82. The molecule has 0 saturated heterocycles. The molecule has 1 atom stereocenters. The van der Waals surface area contributed by atoms with Gasteiger partial charge in [0.05, 0.1) is 6.04 Å². The van der Waals surface area contributed by atoms with Gasteiger partial charge in [0.1, 0.15) is 0 Å². The van der Waals surface area contributed by atoms with Crippen LogP contribution in [0, 0.1) is 0 Å². The van der Waals surface area contributed by atoms with Gasteiger partial charge in [-0.05, 0) is 18.9 Å². The number of guanidine groups is 1. The van der Waals surface area contributed by atoms with Gasteiger partial charge in [-0.15, -0.1) is 0 Å². The second-order valence-corrected chi connectivity index (χ2v) is 3.79. The van der Waals surface area contributed by atoms with E-state index in [1.165, 1.54) is 5.56 Å². The van der Waals surface area contributed by atoms with Crippen molar-refractivity contribution in [1.82, 2.24) is 10.6 Å². The van der Waals surface area contributed by atoms with Gasteiger partial charge in [-0.25, -0.2) is 0 Å². The van der Waals surface area contributed by atoms with Crippen LogP contribution in [0.3, 0.4) is 0 Å². The first-order valence-corrected chi connectivity index (χ1v) is 5.46. The number of nitrogens with one attached hydrogen (secondary N) is 2. The van der Waals surface area contributed by atoms with E-state index in [0.29, 0.717) is 6.04 Å². The third-order valence-electron chi connectivity index (χ3n) is 2.55. The lowest BCUT2D eigenvalue weighted by molar-refractivity contribution is 0.648. The van der Waals surface area contributed by atoms with E-state index in [0.717, 1.165) is 25.5 Å². The minimum absolute atomic E-state index is 0.301. The molecule has 1 aromatic rings. The zero-order valence-electron chi connectivity index (χ0n) is 9.03. The van der Waals surface area contributed by atoms with Gasteiger partial charge in [0, 0.05) is 13.1 Å². The molecule has 1 unspecified atom stereocenters. The fourth-order valence-electron chi connectivity index (χ4n) is 1.66. The average molecular weight is 203 g/mol. The first-order valence-electron chi connectivity index (χ1n) is 5.46. The third-order valence-corrected chi connectivity index (χ3v) is 2.55. The molecule has 0 aliphatic carbocycles. The number of rotatable bonds is 2. The van der Waals surface area contributed by atoms with E-state index < -0.39 is 0 Å². The molecule has 0 saturated carbocycles. The summed E-state index contributed by atoms with van der Waals surface area (Å²) in [7, 11) is 0. The summed E-state index contributed by atoms with van der Waals surface area (Å²) in [5, 5.41) is 6.63. The number of hydrogen-bond acceptors (Lipinski definition) is 3. The number of nitrogens with zero attached hydrogens (tertiary/aromatic N) is 1. The summed E-state index contributed by atoms with van der Waals surface area (Å²) in [4.78, 5) is 4.39. The van der Waals surface area contributed by atoms with Crippen LogP contribution in [0.15, 0.2) is 35.3 Å². The first-order chi connectivity index (χ1) is 7.36. The molecule has 2 rings (SSSR count). The van der Waals surface area contributed by atoms with Crippen molar-refractivity contribution < 1.29 is 0 Å². The van der Waals surface area contributed by atoms with Crippen LogP contribution in [0.2, 0.25) is 0 Å². The fourth-order valence-corrected chi connectivity index (χ4v) is 1.66. The molecule has 0 bridgehead atoms. The highest BCUT2D eigenvalue weighted by Crippen LogP contribution is 2.10. The Morgan fingerprint density at radius 3 is 2.80 bits per heavy atom. The number of benzene rings is 1. The van der Waals surface area contributed by atoms with E-state index in [4.69, 9.17) is 0 Å². The maximum Gasteiger partial charge on any atom is 0.191 e. The maximum atomic E-state index is 4.39. The summed E-state index contributed by atoms with van der Waals surface area (Å²) in [5.41, 5.74) is 1.28. The van der Waals surface area contributed by atoms with E-state index in [9.17, 15) is 0 Å². The van der Waals surface area contributed by atoms with Crippen molar-refractivity contribution in [3.63, 3.8) is 0 Å². The Hall–Kier alpha value is -1.51. The predicted molar refractivity (Wildman–Crippen MR) is 62.9 cm³/mol. The van der Waals surface area contributed by atoms with Gasteiger partial charge in [0.25, 0.3) is 0 Å². The summed E-state index contributed by atoms with van der Waals surface area (Å²) in [6, 6.07) is 10.7. The second-order valence-electron chi connectivity index (χ2n) is 3.79. The Morgan fingerprint density at radius 2 is 2.13 bits per heavy atom. The molecule has 1 aliphatic heterocycles. The van der Waals surface area contributed by atoms with Gasteiger partial charge < -0.3 is 10.6 Å². The molecule has 1 aliphatic rings. The highest BCUT2D eigenvalue weighted by Gasteiger charge is 2.08. The molecule has 0 radical (unpaired) electrons. The summed E-state index contributed by atoms with van der Waals surface area (Å²) < 4.78 is 0. The first kappa shape index (κ1) is 10.0. The van der Waals surface area contributed by atoms with Crippen LogP contribution in [0.5, 0.6) is 0 Å². The topological polar surface area (TPSA) is 36.4 Å². The maximum absolute atomic E-state index is 4.39. The monoisotopic (exact) mass is 203 g/mol. The zero-order valence-corrected chi connectivity index (χ0v) is 9.03. The molecule has 0 aromatic heterocycles. The highest BCUT2D eigenvalue weighted by atomic mass is 15.2. The van der Waals surface area contributed by atoms with Gasteiger partial charge in [-0.2, -0.15) is 0 Å². The van der Waals surface area contributed by atoms with Crippen LogP contribution < -0.4 is 10.6 Å². The third kappa shape index (κ3) is 2.72. The highest BCUT2D eigenvalue weighted by molar-refractivity contribution is 5.80. The quantitative estimate of drug-likeness (QED) is 0.767. The lowest BCUT2D eigenvalue weighted by atomic mass is 10.1. The normalized spacial score (nSPS) is 17.5. The summed E-state index contributed by atoms with van der Waals surface area (Å²) in [6.45, 7) is 4.10. The van der Waals surface area contributed by atoms with Crippen molar-refractivity contribution in [3.05, 3.63) is 35.9 Å². The molecular weight excluding hydrogens is 186 g/mol. The Labute approximate surface area is 90.6 Å². The van der Waals surface area contributed by atoms with Crippen LogP contribution in [0.4, 0.5) is 0 Å².